The first kappa shape index (κ1) is 17.7. The van der Waals surface area contributed by atoms with E-state index >= 15 is 0 Å². The maximum atomic E-state index is 11.8. The number of amides is 2. The molecule has 1 rings (SSSR count). The van der Waals surface area contributed by atoms with Gasteiger partial charge in [-0.25, -0.2) is 4.79 Å². The van der Waals surface area contributed by atoms with Gasteiger partial charge in [-0.3, -0.25) is 4.21 Å². The summed E-state index contributed by atoms with van der Waals surface area (Å²) in [5.74, 6) is 0.481. The Balaban J connectivity index is 2.19. The van der Waals surface area contributed by atoms with E-state index in [0.717, 1.165) is 6.42 Å². The SMILES string of the molecule is Cc1cccc(CCNC(=O)NCC[S@@](=O)C(C)(C)C)c1. The molecule has 0 heterocycles. The van der Waals surface area contributed by atoms with Crippen LogP contribution in [0, 0.1) is 6.92 Å². The number of hydrogen-bond acceptors (Lipinski definition) is 2. The Kier molecular flexibility index (Phi) is 6.89. The molecule has 0 aliphatic rings. The van der Waals surface area contributed by atoms with Crippen molar-refractivity contribution in [2.75, 3.05) is 18.8 Å². The molecule has 21 heavy (non-hydrogen) atoms. The number of nitrogens with one attached hydrogen (secondary N) is 2. The first-order valence-corrected chi connectivity index (χ1v) is 8.56. The first-order chi connectivity index (χ1) is 9.79. The summed E-state index contributed by atoms with van der Waals surface area (Å²) in [4.78, 5) is 11.6. The monoisotopic (exact) mass is 310 g/mol. The van der Waals surface area contributed by atoms with E-state index in [2.05, 4.69) is 35.8 Å². The predicted molar refractivity (Wildman–Crippen MR) is 89.0 cm³/mol. The molecule has 2 amide bonds. The van der Waals surface area contributed by atoms with Gasteiger partial charge in [0.15, 0.2) is 0 Å². The lowest BCUT2D eigenvalue weighted by Crippen LogP contribution is -2.39. The summed E-state index contributed by atoms with van der Waals surface area (Å²) in [5.41, 5.74) is 2.44. The summed E-state index contributed by atoms with van der Waals surface area (Å²) in [6, 6.07) is 8.05. The third-order valence-electron chi connectivity index (χ3n) is 3.04. The lowest BCUT2D eigenvalue weighted by Gasteiger charge is -2.17. The van der Waals surface area contributed by atoms with Crippen LogP contribution in [0.1, 0.15) is 31.9 Å². The molecule has 0 saturated carbocycles. The summed E-state index contributed by atoms with van der Waals surface area (Å²) in [5, 5.41) is 5.55. The molecule has 0 fully saturated rings. The maximum Gasteiger partial charge on any atom is 0.314 e. The fourth-order valence-electron chi connectivity index (χ4n) is 1.81. The highest BCUT2D eigenvalue weighted by atomic mass is 32.2. The van der Waals surface area contributed by atoms with Gasteiger partial charge in [0.2, 0.25) is 0 Å². The fraction of sp³-hybridized carbons (Fsp3) is 0.562. The van der Waals surface area contributed by atoms with Gasteiger partial charge in [-0.2, -0.15) is 0 Å². The van der Waals surface area contributed by atoms with Crippen LogP contribution in [-0.2, 0) is 17.2 Å². The van der Waals surface area contributed by atoms with Crippen molar-refractivity contribution in [1.82, 2.24) is 10.6 Å². The van der Waals surface area contributed by atoms with E-state index in [1.165, 1.54) is 11.1 Å². The molecule has 2 N–H and O–H groups in total. The lowest BCUT2D eigenvalue weighted by molar-refractivity contribution is 0.241. The van der Waals surface area contributed by atoms with Crippen LogP contribution in [0.25, 0.3) is 0 Å². The average Bonchev–Trinajstić information content (AvgIpc) is 2.37. The van der Waals surface area contributed by atoms with Crippen molar-refractivity contribution in [2.24, 2.45) is 0 Å². The highest BCUT2D eigenvalue weighted by molar-refractivity contribution is 7.86. The van der Waals surface area contributed by atoms with Gasteiger partial charge < -0.3 is 10.6 Å². The summed E-state index contributed by atoms with van der Waals surface area (Å²) < 4.78 is 11.6. The number of aryl methyl sites for hydroxylation is 1. The maximum absolute atomic E-state index is 11.8. The summed E-state index contributed by atoms with van der Waals surface area (Å²) in [6.07, 6.45) is 0.809. The van der Waals surface area contributed by atoms with Crippen LogP contribution < -0.4 is 10.6 Å². The third-order valence-corrected chi connectivity index (χ3v) is 4.98. The van der Waals surface area contributed by atoms with E-state index in [0.29, 0.717) is 18.8 Å². The van der Waals surface area contributed by atoms with Gasteiger partial charge in [0, 0.05) is 34.4 Å². The summed E-state index contributed by atoms with van der Waals surface area (Å²) in [6.45, 7) is 8.89. The molecule has 0 aliphatic carbocycles. The molecule has 0 bridgehead atoms. The Hall–Kier alpha value is -1.36. The van der Waals surface area contributed by atoms with Crippen LogP contribution in [0.4, 0.5) is 4.79 Å². The van der Waals surface area contributed by atoms with Crippen molar-refractivity contribution in [3.05, 3.63) is 35.4 Å². The molecule has 0 unspecified atom stereocenters. The van der Waals surface area contributed by atoms with Gasteiger partial charge in [0.1, 0.15) is 0 Å². The Morgan fingerprint density at radius 2 is 1.86 bits per heavy atom. The van der Waals surface area contributed by atoms with Crippen molar-refractivity contribution in [1.29, 1.82) is 0 Å². The molecule has 0 spiro atoms. The second kappa shape index (κ2) is 8.17. The standard InChI is InChI=1S/C16H26N2O2S/c1-13-6-5-7-14(12-13)8-9-17-15(19)18-10-11-21(20)16(2,3)4/h5-7,12H,8-11H2,1-4H3,(H2,17,18,19)/t21-/m1/s1. The van der Waals surface area contributed by atoms with E-state index in [1.807, 2.05) is 26.8 Å². The Morgan fingerprint density at radius 1 is 1.19 bits per heavy atom. The van der Waals surface area contributed by atoms with Crippen LogP contribution in [0.2, 0.25) is 0 Å². The average molecular weight is 310 g/mol. The van der Waals surface area contributed by atoms with Crippen molar-refractivity contribution in [2.45, 2.75) is 38.9 Å². The molecule has 1 atom stereocenters. The van der Waals surface area contributed by atoms with Crippen LogP contribution in [0.3, 0.4) is 0 Å². The van der Waals surface area contributed by atoms with Crippen molar-refractivity contribution in [3.8, 4) is 0 Å². The van der Waals surface area contributed by atoms with Crippen LogP contribution in [0.15, 0.2) is 24.3 Å². The second-order valence-electron chi connectivity index (χ2n) is 6.08. The van der Waals surface area contributed by atoms with Gasteiger partial charge >= 0.3 is 6.03 Å². The molecule has 0 radical (unpaired) electrons. The molecule has 0 saturated heterocycles. The zero-order valence-corrected chi connectivity index (χ0v) is 14.2. The van der Waals surface area contributed by atoms with Gasteiger partial charge in [0.25, 0.3) is 0 Å². The summed E-state index contributed by atoms with van der Waals surface area (Å²) >= 11 is 0. The van der Waals surface area contributed by atoms with Crippen molar-refractivity contribution < 1.29 is 9.00 Å². The summed E-state index contributed by atoms with van der Waals surface area (Å²) in [7, 11) is -0.934. The lowest BCUT2D eigenvalue weighted by atomic mass is 10.1. The van der Waals surface area contributed by atoms with E-state index in [1.54, 1.807) is 0 Å². The number of benzene rings is 1. The Morgan fingerprint density at radius 3 is 2.48 bits per heavy atom. The van der Waals surface area contributed by atoms with Crippen LogP contribution in [-0.4, -0.2) is 33.8 Å². The van der Waals surface area contributed by atoms with E-state index in [4.69, 9.17) is 0 Å². The predicted octanol–water partition coefficient (Wildman–Crippen LogP) is 2.38. The minimum atomic E-state index is -0.934. The number of rotatable bonds is 6. The smallest absolute Gasteiger partial charge is 0.314 e. The second-order valence-corrected chi connectivity index (χ2v) is 8.41. The van der Waals surface area contributed by atoms with E-state index in [9.17, 15) is 9.00 Å². The highest BCUT2D eigenvalue weighted by Crippen LogP contribution is 2.10. The van der Waals surface area contributed by atoms with Crippen molar-refractivity contribution >= 4 is 16.8 Å². The minimum absolute atomic E-state index is 0.200. The molecule has 0 aliphatic heterocycles. The minimum Gasteiger partial charge on any atom is -0.338 e. The fourth-order valence-corrected chi connectivity index (χ4v) is 2.71. The topological polar surface area (TPSA) is 58.2 Å². The quantitative estimate of drug-likeness (QED) is 0.847. The molecular formula is C16H26N2O2S. The third kappa shape index (κ3) is 7.27. The van der Waals surface area contributed by atoms with Gasteiger partial charge in [-0.1, -0.05) is 29.8 Å². The van der Waals surface area contributed by atoms with E-state index < -0.39 is 10.8 Å². The molecule has 1 aromatic rings. The largest absolute Gasteiger partial charge is 0.338 e. The number of carbonyl (C=O) groups excluding carboxylic acids is 1. The normalized spacial score (nSPS) is 12.8. The molecule has 4 nitrogen and oxygen atoms in total. The Labute approximate surface area is 130 Å². The van der Waals surface area contributed by atoms with Crippen molar-refractivity contribution in [3.63, 3.8) is 0 Å². The number of carbonyl (C=O) groups is 1. The number of hydrogen-bond donors (Lipinski definition) is 2. The highest BCUT2D eigenvalue weighted by Gasteiger charge is 2.18. The first-order valence-electron chi connectivity index (χ1n) is 7.25. The van der Waals surface area contributed by atoms with Crippen LogP contribution >= 0.6 is 0 Å². The molecule has 5 heteroatoms. The molecule has 0 aromatic heterocycles. The Bertz CT molecular complexity index is 495. The number of urea groups is 1. The zero-order valence-electron chi connectivity index (χ0n) is 13.4. The molecule has 1 aromatic carbocycles. The van der Waals surface area contributed by atoms with Gasteiger partial charge in [0.05, 0.1) is 0 Å². The van der Waals surface area contributed by atoms with E-state index in [-0.39, 0.29) is 10.8 Å². The van der Waals surface area contributed by atoms with Gasteiger partial charge in [-0.05, 0) is 39.7 Å². The van der Waals surface area contributed by atoms with Gasteiger partial charge in [-0.15, -0.1) is 0 Å². The zero-order chi connectivity index (χ0) is 15.9. The van der Waals surface area contributed by atoms with Crippen LogP contribution in [0.5, 0.6) is 0 Å². The molecular weight excluding hydrogens is 284 g/mol. The molecule has 118 valence electrons.